The molecule has 7 unspecified atom stereocenters. The number of hydrogen-bond acceptors (Lipinski definition) is 8. The van der Waals surface area contributed by atoms with Gasteiger partial charge in [0.05, 0.1) is 30.2 Å². The van der Waals surface area contributed by atoms with Crippen molar-refractivity contribution in [1.29, 1.82) is 0 Å². The number of nitrogens with one attached hydrogen (secondary N) is 2. The Labute approximate surface area is 315 Å². The van der Waals surface area contributed by atoms with Crippen LogP contribution in [0.2, 0.25) is 0 Å². The van der Waals surface area contributed by atoms with E-state index in [1.54, 1.807) is 4.90 Å². The summed E-state index contributed by atoms with van der Waals surface area (Å²) in [6, 6.07) is 15.5. The second-order valence-corrected chi connectivity index (χ2v) is 15.3. The second-order valence-electron chi connectivity index (χ2n) is 15.3. The minimum absolute atomic E-state index is 0.0809. The van der Waals surface area contributed by atoms with Gasteiger partial charge in [-0.15, -0.1) is 0 Å². The number of piperazine rings is 1. The standard InChI is InChI=1S/C41H61N7O5/c1-4-13-33(43)40(52)47-25-31-24-32(26-47)48(31)41(53)35(18-11-12-19-42)45-38(50)30(20-27(2)3)23-37(49)36(22-29-16-9-6-10-17-29)46-39(51)34(44)21-28-14-7-5-8-15-28/h5-10,14-17,27,30-36H,4,11-13,18-26,42-44H2,1-3H3,(H,45,50)(H,46,51). The first kappa shape index (κ1) is 41.6. The SMILES string of the molecule is CCCC(N)C(=O)N1CC2CC(C1)N2C(=O)C(CCCCN)NC(=O)C(CC(=O)C(Cc1ccccc1)NC(=O)C(N)Cc1ccccc1)CC(C)C. The quantitative estimate of drug-likeness (QED) is 0.121. The molecule has 3 fully saturated rings. The lowest BCUT2D eigenvalue weighted by molar-refractivity contribution is -0.163. The van der Waals surface area contributed by atoms with E-state index in [9.17, 15) is 24.0 Å². The van der Waals surface area contributed by atoms with Gasteiger partial charge >= 0.3 is 0 Å². The van der Waals surface area contributed by atoms with Crippen LogP contribution in [0.15, 0.2) is 60.7 Å². The van der Waals surface area contributed by atoms with Crippen molar-refractivity contribution in [3.8, 4) is 0 Å². The van der Waals surface area contributed by atoms with Crippen LogP contribution in [0.3, 0.4) is 0 Å². The van der Waals surface area contributed by atoms with Gasteiger partial charge in [0.1, 0.15) is 6.04 Å². The lowest BCUT2D eigenvalue weighted by Gasteiger charge is -2.57. The largest absolute Gasteiger partial charge is 0.345 e. The molecule has 5 rings (SSSR count). The number of benzene rings is 2. The Hall–Kier alpha value is -4.13. The molecule has 3 heterocycles. The number of carbonyl (C=O) groups excluding carboxylic acids is 5. The van der Waals surface area contributed by atoms with Crippen LogP contribution in [0.5, 0.6) is 0 Å². The fourth-order valence-corrected chi connectivity index (χ4v) is 7.61. The molecule has 8 N–H and O–H groups in total. The van der Waals surface area contributed by atoms with Gasteiger partial charge in [0, 0.05) is 25.4 Å². The van der Waals surface area contributed by atoms with Crippen LogP contribution < -0.4 is 27.8 Å². The molecule has 290 valence electrons. The van der Waals surface area contributed by atoms with Crippen LogP contribution in [0.4, 0.5) is 0 Å². The Morgan fingerprint density at radius 1 is 0.755 bits per heavy atom. The predicted octanol–water partition coefficient (Wildman–Crippen LogP) is 2.46. The molecule has 0 aromatic heterocycles. The Balaban J connectivity index is 1.47. The summed E-state index contributed by atoms with van der Waals surface area (Å²) < 4.78 is 0. The summed E-state index contributed by atoms with van der Waals surface area (Å²) in [6.07, 6.45) is 4.87. The van der Waals surface area contributed by atoms with Gasteiger partial charge in [-0.25, -0.2) is 0 Å². The first-order valence-corrected chi connectivity index (χ1v) is 19.4. The van der Waals surface area contributed by atoms with Gasteiger partial charge < -0.3 is 37.6 Å². The maximum Gasteiger partial charge on any atom is 0.245 e. The molecule has 4 amide bonds. The molecule has 53 heavy (non-hydrogen) atoms. The number of carbonyl (C=O) groups is 5. The van der Waals surface area contributed by atoms with Crippen molar-refractivity contribution in [2.45, 2.75) is 121 Å². The van der Waals surface area contributed by atoms with E-state index in [0.717, 1.165) is 24.0 Å². The zero-order valence-electron chi connectivity index (χ0n) is 31.8. The van der Waals surface area contributed by atoms with Gasteiger partial charge in [-0.3, -0.25) is 24.0 Å². The number of unbranched alkanes of at least 4 members (excludes halogenated alkanes) is 1. The molecule has 3 saturated heterocycles. The fourth-order valence-electron chi connectivity index (χ4n) is 7.61. The highest BCUT2D eigenvalue weighted by Crippen LogP contribution is 2.34. The van der Waals surface area contributed by atoms with E-state index >= 15 is 0 Å². The molecule has 0 radical (unpaired) electrons. The molecule has 2 aromatic carbocycles. The molecule has 3 aliphatic heterocycles. The third-order valence-corrected chi connectivity index (χ3v) is 10.4. The number of rotatable bonds is 21. The van der Waals surface area contributed by atoms with Crippen molar-refractivity contribution in [3.63, 3.8) is 0 Å². The first-order chi connectivity index (χ1) is 25.4. The lowest BCUT2D eigenvalue weighted by Crippen LogP contribution is -2.73. The molecule has 7 atom stereocenters. The molecule has 2 aromatic rings. The number of hydrogen-bond donors (Lipinski definition) is 5. The zero-order chi connectivity index (χ0) is 38.5. The summed E-state index contributed by atoms with van der Waals surface area (Å²) in [5, 5.41) is 5.94. The number of fused-ring (bicyclic) bond motifs is 2. The van der Waals surface area contributed by atoms with Crippen molar-refractivity contribution >= 4 is 29.4 Å². The van der Waals surface area contributed by atoms with Crippen molar-refractivity contribution in [1.82, 2.24) is 20.4 Å². The molecule has 0 aliphatic carbocycles. The number of piperidine rings is 1. The highest BCUT2D eigenvalue weighted by atomic mass is 16.2. The molecule has 0 saturated carbocycles. The van der Waals surface area contributed by atoms with Gasteiger partial charge in [0.15, 0.2) is 5.78 Å². The average molecular weight is 732 g/mol. The van der Waals surface area contributed by atoms with Crippen molar-refractivity contribution in [2.75, 3.05) is 19.6 Å². The highest BCUT2D eigenvalue weighted by molar-refractivity contribution is 5.95. The molecular weight excluding hydrogens is 670 g/mol. The number of ketones is 1. The Kier molecular flexibility index (Phi) is 16.0. The number of nitrogens with two attached hydrogens (primary N) is 3. The summed E-state index contributed by atoms with van der Waals surface area (Å²) in [5.74, 6) is -1.96. The minimum Gasteiger partial charge on any atom is -0.345 e. The van der Waals surface area contributed by atoms with Crippen molar-refractivity contribution < 1.29 is 24.0 Å². The van der Waals surface area contributed by atoms with Crippen LogP contribution in [-0.4, -0.2) is 95.1 Å². The van der Waals surface area contributed by atoms with Crippen LogP contribution in [0.1, 0.15) is 83.3 Å². The van der Waals surface area contributed by atoms with E-state index in [-0.39, 0.29) is 54.3 Å². The van der Waals surface area contributed by atoms with E-state index < -0.39 is 36.0 Å². The summed E-state index contributed by atoms with van der Waals surface area (Å²) in [7, 11) is 0. The molecule has 12 nitrogen and oxygen atoms in total. The van der Waals surface area contributed by atoms with Crippen LogP contribution in [0.25, 0.3) is 0 Å². The Morgan fingerprint density at radius 2 is 1.34 bits per heavy atom. The Bertz CT molecular complexity index is 1490. The van der Waals surface area contributed by atoms with Crippen molar-refractivity contribution in [2.24, 2.45) is 29.0 Å². The van der Waals surface area contributed by atoms with Crippen LogP contribution >= 0.6 is 0 Å². The van der Waals surface area contributed by atoms with E-state index in [1.165, 1.54) is 0 Å². The zero-order valence-corrected chi connectivity index (χ0v) is 31.8. The van der Waals surface area contributed by atoms with Gasteiger partial charge in [0.2, 0.25) is 23.6 Å². The van der Waals surface area contributed by atoms with E-state index in [2.05, 4.69) is 10.6 Å². The van der Waals surface area contributed by atoms with Crippen molar-refractivity contribution in [3.05, 3.63) is 71.8 Å². The average Bonchev–Trinajstić information content (AvgIpc) is 3.14. The molecular formula is C41H61N7O5. The molecule has 2 bridgehead atoms. The number of Topliss-reactive ketones (excluding diaryl/α,β-unsaturated/α-hetero) is 1. The molecule has 3 aliphatic rings. The first-order valence-electron chi connectivity index (χ1n) is 19.4. The monoisotopic (exact) mass is 731 g/mol. The third kappa shape index (κ3) is 11.9. The second kappa shape index (κ2) is 20.4. The minimum atomic E-state index is -0.896. The maximum atomic E-state index is 14.1. The van der Waals surface area contributed by atoms with Gasteiger partial charge in [-0.2, -0.15) is 0 Å². The van der Waals surface area contributed by atoms with Crippen LogP contribution in [-0.2, 0) is 36.8 Å². The van der Waals surface area contributed by atoms with Gasteiger partial charge in [-0.1, -0.05) is 87.9 Å². The van der Waals surface area contributed by atoms with Crippen LogP contribution in [0, 0.1) is 11.8 Å². The smallest absolute Gasteiger partial charge is 0.245 e. The normalized spacial score (nSPS) is 19.4. The maximum absolute atomic E-state index is 14.1. The third-order valence-electron chi connectivity index (χ3n) is 10.4. The Morgan fingerprint density at radius 3 is 1.91 bits per heavy atom. The van der Waals surface area contributed by atoms with E-state index in [4.69, 9.17) is 17.2 Å². The fraction of sp³-hybridized carbons (Fsp3) is 0.585. The number of nitrogens with zero attached hydrogens (tertiary/aromatic N) is 2. The van der Waals surface area contributed by atoms with E-state index in [0.29, 0.717) is 58.2 Å². The predicted molar refractivity (Wildman–Crippen MR) is 206 cm³/mol. The molecule has 0 spiro atoms. The topological polar surface area (TPSA) is 194 Å². The lowest BCUT2D eigenvalue weighted by atomic mass is 9.85. The summed E-state index contributed by atoms with van der Waals surface area (Å²) in [5.41, 5.74) is 20.0. The summed E-state index contributed by atoms with van der Waals surface area (Å²) in [6.45, 7) is 7.29. The van der Waals surface area contributed by atoms with E-state index in [1.807, 2.05) is 86.3 Å². The summed E-state index contributed by atoms with van der Waals surface area (Å²) >= 11 is 0. The molecule has 12 heteroatoms. The highest BCUT2D eigenvalue weighted by Gasteiger charge is 2.50. The van der Waals surface area contributed by atoms with Gasteiger partial charge in [-0.05, 0) is 75.0 Å². The van der Waals surface area contributed by atoms with Gasteiger partial charge in [0.25, 0.3) is 0 Å². The number of amides is 4. The summed E-state index contributed by atoms with van der Waals surface area (Å²) in [4.78, 5) is 72.2.